The quantitative estimate of drug-likeness (QED) is 0.676. The van der Waals surface area contributed by atoms with Gasteiger partial charge in [0.25, 0.3) is 0 Å². The van der Waals surface area contributed by atoms with Crippen LogP contribution in [-0.4, -0.2) is 62.4 Å². The highest BCUT2D eigenvalue weighted by Crippen LogP contribution is 2.33. The Hall–Kier alpha value is -1.44. The molecule has 0 spiro atoms. The van der Waals surface area contributed by atoms with E-state index in [0.717, 1.165) is 0 Å². The normalized spacial score (nSPS) is 19.6. The van der Waals surface area contributed by atoms with Crippen molar-refractivity contribution in [2.24, 2.45) is 0 Å². The van der Waals surface area contributed by atoms with E-state index in [1.165, 1.54) is 42.0 Å². The third-order valence-electron chi connectivity index (χ3n) is 5.95. The van der Waals surface area contributed by atoms with Gasteiger partial charge in [-0.1, -0.05) is 31.4 Å². The second kappa shape index (κ2) is 10.0. The monoisotopic (exact) mass is 422 g/mol. The topological polar surface area (TPSA) is 66.9 Å². The zero-order chi connectivity index (χ0) is 20.9. The molecule has 1 aliphatic heterocycles. The summed E-state index contributed by atoms with van der Waals surface area (Å²) in [6.07, 6.45) is 6.67. The molecule has 1 saturated heterocycles. The number of rotatable bonds is 7. The average Bonchev–Trinajstić information content (AvgIpc) is 2.74. The van der Waals surface area contributed by atoms with Gasteiger partial charge in [-0.05, 0) is 50.3 Å². The van der Waals surface area contributed by atoms with Crippen molar-refractivity contribution in [3.8, 4) is 0 Å². The Kier molecular flexibility index (Phi) is 7.71. The van der Waals surface area contributed by atoms with Crippen LogP contribution in [0.4, 0.5) is 0 Å². The molecule has 1 heterocycles. The Balaban J connectivity index is 1.54. The highest BCUT2D eigenvalue weighted by Gasteiger charge is 2.30. The van der Waals surface area contributed by atoms with Crippen molar-refractivity contribution in [3.63, 3.8) is 0 Å². The third-order valence-corrected chi connectivity index (χ3v) is 7.87. The fourth-order valence-electron chi connectivity index (χ4n) is 4.21. The molecule has 1 aliphatic carbocycles. The smallest absolute Gasteiger partial charge is 0.243 e. The molecule has 6 nitrogen and oxygen atoms in total. The van der Waals surface area contributed by atoms with E-state index < -0.39 is 10.0 Å². The number of amides is 1. The van der Waals surface area contributed by atoms with Gasteiger partial charge in [0.15, 0.2) is 0 Å². The number of piperazine rings is 1. The van der Waals surface area contributed by atoms with Crippen molar-refractivity contribution in [1.82, 2.24) is 9.21 Å². The molecular formula is C22H34N2O4S. The lowest BCUT2D eigenvalue weighted by atomic mass is 9.84. The molecule has 0 radical (unpaired) electrons. The SMILES string of the molecule is CC(C)OCCC(=O)N1CCN(S(=O)(=O)c2ccc(C3CCCCC3)cc2)CC1. The van der Waals surface area contributed by atoms with Crippen LogP contribution < -0.4 is 0 Å². The van der Waals surface area contributed by atoms with E-state index in [9.17, 15) is 13.2 Å². The molecule has 162 valence electrons. The lowest BCUT2D eigenvalue weighted by Crippen LogP contribution is -2.50. The molecule has 2 fully saturated rings. The van der Waals surface area contributed by atoms with Gasteiger partial charge < -0.3 is 9.64 Å². The second-order valence-corrected chi connectivity index (χ2v) is 10.3. The van der Waals surface area contributed by atoms with E-state index >= 15 is 0 Å². The fourth-order valence-corrected chi connectivity index (χ4v) is 5.64. The molecule has 1 saturated carbocycles. The summed E-state index contributed by atoms with van der Waals surface area (Å²) in [7, 11) is -3.52. The van der Waals surface area contributed by atoms with Crippen molar-refractivity contribution >= 4 is 15.9 Å². The molecule has 3 rings (SSSR count). The molecule has 0 unspecified atom stereocenters. The predicted octanol–water partition coefficient (Wildman–Crippen LogP) is 3.38. The molecule has 0 bridgehead atoms. The van der Waals surface area contributed by atoms with Crippen molar-refractivity contribution in [2.75, 3.05) is 32.8 Å². The second-order valence-electron chi connectivity index (χ2n) is 8.36. The number of hydrogen-bond donors (Lipinski definition) is 0. The Morgan fingerprint density at radius 1 is 1.03 bits per heavy atom. The van der Waals surface area contributed by atoms with Crippen LogP contribution in [0.15, 0.2) is 29.2 Å². The van der Waals surface area contributed by atoms with E-state index in [1.807, 2.05) is 26.0 Å². The minimum atomic E-state index is -3.52. The summed E-state index contributed by atoms with van der Waals surface area (Å²) < 4.78 is 32.9. The maximum Gasteiger partial charge on any atom is 0.243 e. The lowest BCUT2D eigenvalue weighted by molar-refractivity contribution is -0.133. The first kappa shape index (κ1) is 22.2. The summed E-state index contributed by atoms with van der Waals surface area (Å²) in [4.78, 5) is 14.4. The minimum absolute atomic E-state index is 0.0273. The molecule has 0 N–H and O–H groups in total. The van der Waals surface area contributed by atoms with Gasteiger partial charge in [-0.15, -0.1) is 0 Å². The van der Waals surface area contributed by atoms with Crippen LogP contribution in [0.1, 0.15) is 63.9 Å². The summed E-state index contributed by atoms with van der Waals surface area (Å²) in [6, 6.07) is 7.47. The average molecular weight is 423 g/mol. The number of sulfonamides is 1. The van der Waals surface area contributed by atoms with Crippen LogP contribution in [-0.2, 0) is 19.6 Å². The van der Waals surface area contributed by atoms with Gasteiger partial charge in [-0.2, -0.15) is 4.31 Å². The summed E-state index contributed by atoms with van der Waals surface area (Å²) >= 11 is 0. The molecule has 1 amide bonds. The largest absolute Gasteiger partial charge is 0.378 e. The molecule has 29 heavy (non-hydrogen) atoms. The van der Waals surface area contributed by atoms with Crippen LogP contribution in [0.5, 0.6) is 0 Å². The first-order chi connectivity index (χ1) is 13.9. The number of carbonyl (C=O) groups excluding carboxylic acids is 1. The predicted molar refractivity (Wildman–Crippen MR) is 113 cm³/mol. The van der Waals surface area contributed by atoms with Crippen molar-refractivity contribution in [3.05, 3.63) is 29.8 Å². The summed E-state index contributed by atoms with van der Waals surface area (Å²) in [5.41, 5.74) is 1.25. The van der Waals surface area contributed by atoms with E-state index in [0.29, 0.717) is 50.0 Å². The van der Waals surface area contributed by atoms with Crippen LogP contribution in [0.2, 0.25) is 0 Å². The summed E-state index contributed by atoms with van der Waals surface area (Å²) in [5.74, 6) is 0.592. The molecule has 0 atom stereocenters. The highest BCUT2D eigenvalue weighted by atomic mass is 32.2. The summed E-state index contributed by atoms with van der Waals surface area (Å²) in [5, 5.41) is 0. The summed E-state index contributed by atoms with van der Waals surface area (Å²) in [6.45, 7) is 5.82. The molecule has 2 aliphatic rings. The van der Waals surface area contributed by atoms with Gasteiger partial charge >= 0.3 is 0 Å². The van der Waals surface area contributed by atoms with Crippen LogP contribution >= 0.6 is 0 Å². The lowest BCUT2D eigenvalue weighted by Gasteiger charge is -2.34. The zero-order valence-corrected chi connectivity index (χ0v) is 18.5. The van der Waals surface area contributed by atoms with Gasteiger partial charge in [0.05, 0.1) is 24.0 Å². The van der Waals surface area contributed by atoms with Crippen molar-refractivity contribution in [2.45, 2.75) is 69.3 Å². The Labute approximate surface area is 175 Å². The molecule has 1 aromatic carbocycles. The van der Waals surface area contributed by atoms with Crippen LogP contribution in [0.25, 0.3) is 0 Å². The van der Waals surface area contributed by atoms with Gasteiger partial charge in [-0.25, -0.2) is 8.42 Å². The van der Waals surface area contributed by atoms with Gasteiger partial charge in [0.2, 0.25) is 15.9 Å². The third kappa shape index (κ3) is 5.80. The molecule has 1 aromatic rings. The Bertz CT molecular complexity index is 763. The number of hydrogen-bond acceptors (Lipinski definition) is 4. The van der Waals surface area contributed by atoms with E-state index in [4.69, 9.17) is 4.74 Å². The minimum Gasteiger partial charge on any atom is -0.378 e. The van der Waals surface area contributed by atoms with E-state index in [-0.39, 0.29) is 12.0 Å². The van der Waals surface area contributed by atoms with E-state index in [2.05, 4.69) is 0 Å². The van der Waals surface area contributed by atoms with Gasteiger partial charge in [0, 0.05) is 26.2 Å². The highest BCUT2D eigenvalue weighted by molar-refractivity contribution is 7.89. The van der Waals surface area contributed by atoms with Gasteiger partial charge in [-0.3, -0.25) is 4.79 Å². The van der Waals surface area contributed by atoms with Crippen LogP contribution in [0, 0.1) is 0 Å². The van der Waals surface area contributed by atoms with Gasteiger partial charge in [0.1, 0.15) is 0 Å². The van der Waals surface area contributed by atoms with Crippen molar-refractivity contribution in [1.29, 1.82) is 0 Å². The maximum atomic E-state index is 13.0. The van der Waals surface area contributed by atoms with Crippen molar-refractivity contribution < 1.29 is 17.9 Å². The zero-order valence-electron chi connectivity index (χ0n) is 17.7. The number of nitrogens with zero attached hydrogens (tertiary/aromatic N) is 2. The van der Waals surface area contributed by atoms with E-state index in [1.54, 1.807) is 17.0 Å². The number of carbonyl (C=O) groups is 1. The first-order valence-electron chi connectivity index (χ1n) is 10.9. The molecule has 0 aromatic heterocycles. The number of ether oxygens (including phenoxy) is 1. The molecular weight excluding hydrogens is 388 g/mol. The standard InChI is InChI=1S/C22H34N2O4S/c1-18(2)28-17-12-22(25)23-13-15-24(16-14-23)29(26,27)21-10-8-20(9-11-21)19-6-4-3-5-7-19/h8-11,18-19H,3-7,12-17H2,1-2H3. The Morgan fingerprint density at radius 2 is 1.66 bits per heavy atom. The first-order valence-corrected chi connectivity index (χ1v) is 12.3. The maximum absolute atomic E-state index is 13.0. The fraction of sp³-hybridized carbons (Fsp3) is 0.682. The number of benzene rings is 1. The Morgan fingerprint density at radius 3 is 2.24 bits per heavy atom. The molecule has 7 heteroatoms. The van der Waals surface area contributed by atoms with Crippen LogP contribution in [0.3, 0.4) is 0 Å².